The molecule has 7 heteroatoms. The van der Waals surface area contributed by atoms with Crippen molar-refractivity contribution in [1.82, 2.24) is 14.4 Å². The molecule has 2 aliphatic rings. The van der Waals surface area contributed by atoms with E-state index in [-0.39, 0.29) is 11.2 Å². The van der Waals surface area contributed by atoms with Gasteiger partial charge < -0.3 is 4.52 Å². The fourth-order valence-corrected chi connectivity index (χ4v) is 4.01. The lowest BCUT2D eigenvalue weighted by atomic mass is 10.1. The minimum Gasteiger partial charge on any atom is -0.343 e. The van der Waals surface area contributed by atoms with E-state index in [0.29, 0.717) is 18.9 Å². The van der Waals surface area contributed by atoms with E-state index in [2.05, 4.69) is 14.7 Å². The van der Waals surface area contributed by atoms with Crippen LogP contribution >= 0.6 is 0 Å². The zero-order valence-corrected chi connectivity index (χ0v) is 9.56. The Hall–Kier alpha value is -0.950. The maximum Gasteiger partial charge on any atom is 0.217 e. The first-order chi connectivity index (χ1) is 7.68. The van der Waals surface area contributed by atoms with Gasteiger partial charge in [0.2, 0.25) is 16.4 Å². The molecule has 1 atom stereocenters. The molecule has 0 spiro atoms. The molecule has 88 valence electrons. The van der Waals surface area contributed by atoms with E-state index in [1.54, 1.807) is 4.31 Å². The molecule has 0 amide bonds. The molecule has 6 nitrogen and oxygen atoms in total. The Bertz CT molecular complexity index is 466. The van der Waals surface area contributed by atoms with Crippen molar-refractivity contribution in [2.24, 2.45) is 0 Å². The van der Waals surface area contributed by atoms with Crippen molar-refractivity contribution >= 4 is 10.0 Å². The van der Waals surface area contributed by atoms with Crippen LogP contribution in [0.2, 0.25) is 0 Å². The molecule has 1 aliphatic carbocycles. The summed E-state index contributed by atoms with van der Waals surface area (Å²) < 4.78 is 30.2. The van der Waals surface area contributed by atoms with E-state index >= 15 is 0 Å². The minimum absolute atomic E-state index is 0.0901. The number of sulfonamides is 1. The molecule has 16 heavy (non-hydrogen) atoms. The van der Waals surface area contributed by atoms with Gasteiger partial charge in [0.25, 0.3) is 0 Å². The number of nitrogens with zero attached hydrogens (tertiary/aromatic N) is 3. The zero-order chi connectivity index (χ0) is 11.2. The van der Waals surface area contributed by atoms with Crippen LogP contribution in [0.25, 0.3) is 0 Å². The first-order valence-corrected chi connectivity index (χ1v) is 6.93. The first kappa shape index (κ1) is 10.2. The summed E-state index contributed by atoms with van der Waals surface area (Å²) >= 11 is 0. The Labute approximate surface area is 93.7 Å². The van der Waals surface area contributed by atoms with Crippen molar-refractivity contribution < 1.29 is 12.9 Å². The average Bonchev–Trinajstić information content (AvgIpc) is 2.82. The standard InChI is InChI=1S/C9H13N3O3S/c13-16(14,8-1-2-8)12-4-3-7(5-12)9-10-6-15-11-9/h6-8H,1-5H2/t7-/m1/s1. The maximum atomic E-state index is 12.0. The fraction of sp³-hybridized carbons (Fsp3) is 0.778. The highest BCUT2D eigenvalue weighted by molar-refractivity contribution is 7.90. The Kier molecular flexibility index (Phi) is 2.25. The maximum absolute atomic E-state index is 12.0. The smallest absolute Gasteiger partial charge is 0.217 e. The average molecular weight is 243 g/mol. The Morgan fingerprint density at radius 3 is 2.81 bits per heavy atom. The van der Waals surface area contributed by atoms with Crippen LogP contribution in [0.1, 0.15) is 31.0 Å². The van der Waals surface area contributed by atoms with Crippen LogP contribution in [-0.2, 0) is 10.0 Å². The molecule has 0 bridgehead atoms. The van der Waals surface area contributed by atoms with Crippen LogP contribution < -0.4 is 0 Å². The molecule has 1 saturated carbocycles. The van der Waals surface area contributed by atoms with E-state index in [0.717, 1.165) is 19.3 Å². The molecule has 2 heterocycles. The molecule has 0 unspecified atom stereocenters. The van der Waals surface area contributed by atoms with E-state index in [4.69, 9.17) is 0 Å². The zero-order valence-electron chi connectivity index (χ0n) is 8.74. The Morgan fingerprint density at radius 1 is 1.38 bits per heavy atom. The largest absolute Gasteiger partial charge is 0.343 e. The molecule has 1 aromatic heterocycles. The number of rotatable bonds is 3. The second-order valence-corrected chi connectivity index (χ2v) is 6.59. The van der Waals surface area contributed by atoms with Gasteiger partial charge in [0.1, 0.15) is 0 Å². The van der Waals surface area contributed by atoms with Gasteiger partial charge in [0.15, 0.2) is 5.82 Å². The van der Waals surface area contributed by atoms with Gasteiger partial charge in [-0.25, -0.2) is 12.7 Å². The highest BCUT2D eigenvalue weighted by atomic mass is 32.2. The molecule has 1 aliphatic heterocycles. The normalized spacial score (nSPS) is 27.4. The van der Waals surface area contributed by atoms with Crippen molar-refractivity contribution in [3.8, 4) is 0 Å². The molecule has 1 saturated heterocycles. The number of hydrogen-bond acceptors (Lipinski definition) is 5. The lowest BCUT2D eigenvalue weighted by molar-refractivity contribution is 0.403. The summed E-state index contributed by atoms with van der Waals surface area (Å²) in [6.45, 7) is 1.08. The van der Waals surface area contributed by atoms with Gasteiger partial charge in [-0.15, -0.1) is 0 Å². The minimum atomic E-state index is -3.04. The second kappa shape index (κ2) is 3.53. The quantitative estimate of drug-likeness (QED) is 0.765. The summed E-state index contributed by atoms with van der Waals surface area (Å²) in [4.78, 5) is 3.98. The lowest BCUT2D eigenvalue weighted by Crippen LogP contribution is -2.31. The Balaban J connectivity index is 1.74. The predicted octanol–water partition coefficient (Wildman–Crippen LogP) is 0.351. The monoisotopic (exact) mass is 243 g/mol. The summed E-state index contributed by atoms with van der Waals surface area (Å²) in [5, 5.41) is 3.64. The first-order valence-electron chi connectivity index (χ1n) is 5.43. The third-order valence-electron chi connectivity index (χ3n) is 3.20. The summed E-state index contributed by atoms with van der Waals surface area (Å²) in [6.07, 6.45) is 3.69. The van der Waals surface area contributed by atoms with E-state index in [1.807, 2.05) is 0 Å². The summed E-state index contributed by atoms with van der Waals surface area (Å²) in [6, 6.07) is 0. The summed E-state index contributed by atoms with van der Waals surface area (Å²) in [5.74, 6) is 0.709. The topological polar surface area (TPSA) is 76.3 Å². The van der Waals surface area contributed by atoms with Gasteiger partial charge in [0.05, 0.1) is 5.25 Å². The van der Waals surface area contributed by atoms with E-state index in [9.17, 15) is 8.42 Å². The fourth-order valence-electron chi connectivity index (χ4n) is 2.11. The molecule has 3 rings (SSSR count). The summed E-state index contributed by atoms with van der Waals surface area (Å²) in [7, 11) is -3.04. The van der Waals surface area contributed by atoms with E-state index in [1.165, 1.54) is 6.39 Å². The van der Waals surface area contributed by atoms with Crippen LogP contribution in [-0.4, -0.2) is 41.2 Å². The lowest BCUT2D eigenvalue weighted by Gasteiger charge is -2.15. The molecular formula is C9H13N3O3S. The van der Waals surface area contributed by atoms with Gasteiger partial charge in [-0.3, -0.25) is 0 Å². The van der Waals surface area contributed by atoms with Gasteiger partial charge in [0, 0.05) is 19.0 Å². The third kappa shape index (κ3) is 1.63. The SMILES string of the molecule is O=S(=O)(C1CC1)N1CC[C@@H](c2ncon2)C1. The van der Waals surface area contributed by atoms with E-state index < -0.39 is 10.0 Å². The molecule has 2 fully saturated rings. The van der Waals surface area contributed by atoms with Crippen LogP contribution in [0, 0.1) is 0 Å². The van der Waals surface area contributed by atoms with Crippen LogP contribution in [0.4, 0.5) is 0 Å². The molecule has 0 aromatic carbocycles. The van der Waals surface area contributed by atoms with Gasteiger partial charge in [-0.05, 0) is 19.3 Å². The molecule has 1 aromatic rings. The van der Waals surface area contributed by atoms with Crippen LogP contribution in [0.5, 0.6) is 0 Å². The van der Waals surface area contributed by atoms with Gasteiger partial charge in [-0.2, -0.15) is 4.98 Å². The highest BCUT2D eigenvalue weighted by Crippen LogP contribution is 2.35. The van der Waals surface area contributed by atoms with Gasteiger partial charge in [-0.1, -0.05) is 5.16 Å². The molecule has 0 N–H and O–H groups in total. The van der Waals surface area contributed by atoms with Crippen LogP contribution in [0.3, 0.4) is 0 Å². The second-order valence-electron chi connectivity index (χ2n) is 4.38. The van der Waals surface area contributed by atoms with Crippen molar-refractivity contribution in [3.05, 3.63) is 12.2 Å². The van der Waals surface area contributed by atoms with Gasteiger partial charge >= 0.3 is 0 Å². The number of aromatic nitrogens is 2. The van der Waals surface area contributed by atoms with Crippen molar-refractivity contribution in [2.45, 2.75) is 30.4 Å². The van der Waals surface area contributed by atoms with Crippen LogP contribution in [0.15, 0.2) is 10.9 Å². The predicted molar refractivity (Wildman–Crippen MR) is 55.2 cm³/mol. The molecule has 0 radical (unpaired) electrons. The summed E-state index contributed by atoms with van der Waals surface area (Å²) in [5.41, 5.74) is 0. The van der Waals surface area contributed by atoms with Crippen molar-refractivity contribution in [1.29, 1.82) is 0 Å². The highest BCUT2D eigenvalue weighted by Gasteiger charge is 2.43. The molecular weight excluding hydrogens is 230 g/mol. The third-order valence-corrected chi connectivity index (χ3v) is 5.57. The van der Waals surface area contributed by atoms with Crippen molar-refractivity contribution in [3.63, 3.8) is 0 Å². The van der Waals surface area contributed by atoms with Crippen molar-refractivity contribution in [2.75, 3.05) is 13.1 Å². The number of hydrogen-bond donors (Lipinski definition) is 0. The Morgan fingerprint density at radius 2 is 2.19 bits per heavy atom.